The Morgan fingerprint density at radius 2 is 1.96 bits per heavy atom. The van der Waals surface area contributed by atoms with Gasteiger partial charge in [0.25, 0.3) is 0 Å². The van der Waals surface area contributed by atoms with Gasteiger partial charge in [-0.25, -0.2) is 4.79 Å². The van der Waals surface area contributed by atoms with E-state index in [-0.39, 0.29) is 18.0 Å². The van der Waals surface area contributed by atoms with Crippen LogP contribution in [0.2, 0.25) is 0 Å². The standard InChI is InChI=1S/C21H33N3O2/c1-3-5-14-22-21(26)24(15-4-2)16-13-20(25)23-19-12-8-10-17-9-6-7-11-18(17)19/h6-7,9,11,19H,3-5,8,10,12-16H2,1-2H3,(H,22,26)(H,23,25). The molecule has 5 nitrogen and oxygen atoms in total. The van der Waals surface area contributed by atoms with E-state index in [9.17, 15) is 9.59 Å². The lowest BCUT2D eigenvalue weighted by Gasteiger charge is -2.27. The van der Waals surface area contributed by atoms with E-state index in [1.165, 1.54) is 11.1 Å². The van der Waals surface area contributed by atoms with Crippen molar-refractivity contribution >= 4 is 11.9 Å². The number of carbonyl (C=O) groups excluding carboxylic acids is 2. The first kappa shape index (κ1) is 20.3. The lowest BCUT2D eigenvalue weighted by Crippen LogP contribution is -2.43. The highest BCUT2D eigenvalue weighted by Gasteiger charge is 2.22. The Bertz CT molecular complexity index is 588. The minimum Gasteiger partial charge on any atom is -0.349 e. The van der Waals surface area contributed by atoms with Gasteiger partial charge in [-0.1, -0.05) is 44.5 Å². The Morgan fingerprint density at radius 3 is 2.73 bits per heavy atom. The van der Waals surface area contributed by atoms with E-state index in [4.69, 9.17) is 0 Å². The second kappa shape index (κ2) is 10.8. The first-order valence-electron chi connectivity index (χ1n) is 10.1. The number of nitrogens with zero attached hydrogens (tertiary/aromatic N) is 1. The largest absolute Gasteiger partial charge is 0.349 e. The van der Waals surface area contributed by atoms with Gasteiger partial charge in [-0.15, -0.1) is 0 Å². The summed E-state index contributed by atoms with van der Waals surface area (Å²) in [4.78, 5) is 26.5. The van der Waals surface area contributed by atoms with Gasteiger partial charge >= 0.3 is 6.03 Å². The maximum absolute atomic E-state index is 12.4. The van der Waals surface area contributed by atoms with Crippen molar-refractivity contribution < 1.29 is 9.59 Å². The Hall–Kier alpha value is -2.04. The molecule has 0 saturated heterocycles. The zero-order valence-corrected chi connectivity index (χ0v) is 16.2. The molecule has 1 unspecified atom stereocenters. The van der Waals surface area contributed by atoms with Crippen molar-refractivity contribution in [3.05, 3.63) is 35.4 Å². The predicted octanol–water partition coefficient (Wildman–Crippen LogP) is 3.79. The minimum atomic E-state index is -0.0592. The molecular formula is C21H33N3O2. The molecule has 1 aromatic carbocycles. The molecular weight excluding hydrogens is 326 g/mol. The first-order valence-corrected chi connectivity index (χ1v) is 10.1. The summed E-state index contributed by atoms with van der Waals surface area (Å²) in [7, 11) is 0. The molecule has 2 rings (SSSR count). The summed E-state index contributed by atoms with van der Waals surface area (Å²) in [6, 6.07) is 8.40. The summed E-state index contributed by atoms with van der Waals surface area (Å²) in [5, 5.41) is 6.11. The lowest BCUT2D eigenvalue weighted by molar-refractivity contribution is -0.122. The maximum atomic E-state index is 12.4. The molecule has 0 saturated carbocycles. The molecule has 144 valence electrons. The molecule has 5 heteroatoms. The number of hydrogen-bond donors (Lipinski definition) is 2. The number of unbranched alkanes of at least 4 members (excludes halogenated alkanes) is 1. The van der Waals surface area contributed by atoms with Crippen LogP contribution < -0.4 is 10.6 Å². The number of nitrogens with one attached hydrogen (secondary N) is 2. The summed E-state index contributed by atoms with van der Waals surface area (Å²) in [5.41, 5.74) is 2.58. The second-order valence-corrected chi connectivity index (χ2v) is 7.03. The van der Waals surface area contributed by atoms with Crippen LogP contribution >= 0.6 is 0 Å². The normalized spacial score (nSPS) is 15.8. The number of carbonyl (C=O) groups is 2. The zero-order chi connectivity index (χ0) is 18.8. The lowest BCUT2D eigenvalue weighted by atomic mass is 9.87. The van der Waals surface area contributed by atoms with Crippen molar-refractivity contribution in [3.8, 4) is 0 Å². The molecule has 26 heavy (non-hydrogen) atoms. The summed E-state index contributed by atoms with van der Waals surface area (Å²) in [6.07, 6.45) is 6.44. The molecule has 1 aliphatic carbocycles. The van der Waals surface area contributed by atoms with Crippen LogP contribution in [0.4, 0.5) is 4.79 Å². The van der Waals surface area contributed by atoms with Crippen molar-refractivity contribution in [3.63, 3.8) is 0 Å². The fraction of sp³-hybridized carbons (Fsp3) is 0.619. The van der Waals surface area contributed by atoms with Gasteiger partial charge in [-0.2, -0.15) is 0 Å². The molecule has 0 radical (unpaired) electrons. The molecule has 1 aromatic rings. The van der Waals surface area contributed by atoms with Gasteiger partial charge in [0, 0.05) is 26.1 Å². The molecule has 0 aliphatic heterocycles. The van der Waals surface area contributed by atoms with E-state index in [1.54, 1.807) is 4.90 Å². The number of aryl methyl sites for hydroxylation is 1. The molecule has 1 aliphatic rings. The molecule has 0 spiro atoms. The highest BCUT2D eigenvalue weighted by molar-refractivity contribution is 5.78. The summed E-state index contributed by atoms with van der Waals surface area (Å²) in [5.74, 6) is 0.0224. The van der Waals surface area contributed by atoms with Crippen LogP contribution in [0.3, 0.4) is 0 Å². The van der Waals surface area contributed by atoms with Crippen LogP contribution in [0, 0.1) is 0 Å². The number of fused-ring (bicyclic) bond motifs is 1. The van der Waals surface area contributed by atoms with Crippen molar-refractivity contribution in [1.82, 2.24) is 15.5 Å². The Balaban J connectivity index is 1.83. The van der Waals surface area contributed by atoms with Gasteiger partial charge in [-0.3, -0.25) is 4.79 Å². The van der Waals surface area contributed by atoms with Crippen LogP contribution in [0.15, 0.2) is 24.3 Å². The molecule has 0 aromatic heterocycles. The fourth-order valence-corrected chi connectivity index (χ4v) is 3.48. The van der Waals surface area contributed by atoms with Crippen LogP contribution in [0.1, 0.15) is 69.5 Å². The van der Waals surface area contributed by atoms with Gasteiger partial charge in [0.15, 0.2) is 0 Å². The van der Waals surface area contributed by atoms with Gasteiger partial charge < -0.3 is 15.5 Å². The monoisotopic (exact) mass is 359 g/mol. The quantitative estimate of drug-likeness (QED) is 0.659. The van der Waals surface area contributed by atoms with Crippen molar-refractivity contribution in [2.75, 3.05) is 19.6 Å². The minimum absolute atomic E-state index is 0.0224. The highest BCUT2D eigenvalue weighted by Crippen LogP contribution is 2.29. The maximum Gasteiger partial charge on any atom is 0.317 e. The number of hydrogen-bond acceptors (Lipinski definition) is 2. The average Bonchev–Trinajstić information content (AvgIpc) is 2.65. The number of amides is 3. The third-order valence-electron chi connectivity index (χ3n) is 4.90. The van der Waals surface area contributed by atoms with Crippen molar-refractivity contribution in [1.29, 1.82) is 0 Å². The van der Waals surface area contributed by atoms with E-state index in [0.717, 1.165) is 38.5 Å². The topological polar surface area (TPSA) is 61.4 Å². The van der Waals surface area contributed by atoms with Gasteiger partial charge in [0.1, 0.15) is 0 Å². The van der Waals surface area contributed by atoms with Gasteiger partial charge in [0.2, 0.25) is 5.91 Å². The second-order valence-electron chi connectivity index (χ2n) is 7.03. The van der Waals surface area contributed by atoms with Crippen LogP contribution in [-0.4, -0.2) is 36.5 Å². The molecule has 0 fully saturated rings. The SMILES string of the molecule is CCCCNC(=O)N(CCC)CCC(=O)NC1CCCc2ccccc21. The third-order valence-corrected chi connectivity index (χ3v) is 4.90. The molecule has 0 heterocycles. The summed E-state index contributed by atoms with van der Waals surface area (Å²) < 4.78 is 0. The van der Waals surface area contributed by atoms with E-state index in [1.807, 2.05) is 13.0 Å². The predicted molar refractivity (Wildman–Crippen MR) is 105 cm³/mol. The molecule has 2 N–H and O–H groups in total. The highest BCUT2D eigenvalue weighted by atomic mass is 16.2. The first-order chi connectivity index (χ1) is 12.7. The summed E-state index contributed by atoms with van der Waals surface area (Å²) >= 11 is 0. The van der Waals surface area contributed by atoms with Crippen molar-refractivity contribution in [2.24, 2.45) is 0 Å². The Kier molecular flexibility index (Phi) is 8.45. The summed E-state index contributed by atoms with van der Waals surface area (Å²) in [6.45, 7) is 5.99. The fourth-order valence-electron chi connectivity index (χ4n) is 3.48. The van der Waals surface area contributed by atoms with E-state index < -0.39 is 0 Å². The average molecular weight is 360 g/mol. The Morgan fingerprint density at radius 1 is 1.15 bits per heavy atom. The van der Waals surface area contributed by atoms with E-state index in [2.05, 4.69) is 35.8 Å². The Labute approximate surface area is 157 Å². The van der Waals surface area contributed by atoms with Crippen LogP contribution in [0.25, 0.3) is 0 Å². The molecule has 1 atom stereocenters. The van der Waals surface area contributed by atoms with Crippen molar-refractivity contribution in [2.45, 2.75) is 64.8 Å². The van der Waals surface area contributed by atoms with E-state index in [0.29, 0.717) is 26.1 Å². The number of benzene rings is 1. The van der Waals surface area contributed by atoms with Crippen LogP contribution in [0.5, 0.6) is 0 Å². The van der Waals surface area contributed by atoms with Gasteiger partial charge in [0.05, 0.1) is 6.04 Å². The smallest absolute Gasteiger partial charge is 0.317 e. The molecule has 3 amide bonds. The number of urea groups is 1. The van der Waals surface area contributed by atoms with E-state index >= 15 is 0 Å². The zero-order valence-electron chi connectivity index (χ0n) is 16.2. The van der Waals surface area contributed by atoms with Crippen LogP contribution in [-0.2, 0) is 11.2 Å². The number of rotatable bonds is 9. The van der Waals surface area contributed by atoms with Gasteiger partial charge in [-0.05, 0) is 43.2 Å². The third kappa shape index (κ3) is 6.04. The molecule has 0 bridgehead atoms.